The van der Waals surface area contributed by atoms with Gasteiger partial charge in [0, 0.05) is 13.2 Å². The first kappa shape index (κ1) is 15.7. The Balaban J connectivity index is 1.87. The number of thioether (sulfide) groups is 1. The second kappa shape index (κ2) is 7.38. The number of nitriles is 1. The Bertz CT molecular complexity index is 565. The van der Waals surface area contributed by atoms with Gasteiger partial charge in [-0.25, -0.2) is 9.97 Å². The lowest BCUT2D eigenvalue weighted by molar-refractivity contribution is -0.119. The van der Waals surface area contributed by atoms with Crippen LogP contribution in [-0.2, 0) is 9.53 Å². The van der Waals surface area contributed by atoms with E-state index < -0.39 is 0 Å². The van der Waals surface area contributed by atoms with Crippen LogP contribution in [0.3, 0.4) is 0 Å². The van der Waals surface area contributed by atoms with E-state index in [4.69, 9.17) is 10.00 Å². The molecule has 1 aliphatic heterocycles. The Morgan fingerprint density at radius 1 is 1.52 bits per heavy atom. The van der Waals surface area contributed by atoms with Crippen molar-refractivity contribution in [3.05, 3.63) is 17.1 Å². The third-order valence-corrected chi connectivity index (χ3v) is 4.15. The molecular weight excluding hydrogens is 288 g/mol. The van der Waals surface area contributed by atoms with Crippen LogP contribution in [0, 0.1) is 25.2 Å². The predicted octanol–water partition coefficient (Wildman–Crippen LogP) is 1.35. The molecular formula is C14H18N4O2S. The van der Waals surface area contributed by atoms with E-state index in [9.17, 15) is 4.79 Å². The molecule has 21 heavy (non-hydrogen) atoms. The molecule has 1 aliphatic rings. The van der Waals surface area contributed by atoms with Crippen LogP contribution in [0.15, 0.2) is 5.03 Å². The number of hydrogen-bond donors (Lipinski definition) is 1. The SMILES string of the molecule is Cc1nc(C)c(C#N)c(SCC(=O)NCC2CCCO2)n1. The topological polar surface area (TPSA) is 87.9 Å². The minimum Gasteiger partial charge on any atom is -0.376 e. The number of hydrogen-bond acceptors (Lipinski definition) is 6. The molecule has 1 unspecified atom stereocenters. The van der Waals surface area contributed by atoms with Gasteiger partial charge < -0.3 is 10.1 Å². The van der Waals surface area contributed by atoms with Crippen molar-refractivity contribution in [3.8, 4) is 6.07 Å². The molecule has 0 saturated carbocycles. The van der Waals surface area contributed by atoms with Crippen LogP contribution < -0.4 is 5.32 Å². The van der Waals surface area contributed by atoms with Gasteiger partial charge in [0.1, 0.15) is 22.5 Å². The Morgan fingerprint density at radius 3 is 3.00 bits per heavy atom. The molecule has 0 bridgehead atoms. The van der Waals surface area contributed by atoms with E-state index >= 15 is 0 Å². The summed E-state index contributed by atoms with van der Waals surface area (Å²) < 4.78 is 5.45. The van der Waals surface area contributed by atoms with Gasteiger partial charge in [0.05, 0.1) is 17.6 Å². The van der Waals surface area contributed by atoms with Crippen LogP contribution in [0.4, 0.5) is 0 Å². The monoisotopic (exact) mass is 306 g/mol. The van der Waals surface area contributed by atoms with Crippen LogP contribution in [0.2, 0.25) is 0 Å². The highest BCUT2D eigenvalue weighted by Gasteiger charge is 2.17. The summed E-state index contributed by atoms with van der Waals surface area (Å²) in [7, 11) is 0. The molecule has 1 aromatic rings. The second-order valence-electron chi connectivity index (χ2n) is 4.88. The van der Waals surface area contributed by atoms with Gasteiger partial charge in [-0.05, 0) is 26.7 Å². The van der Waals surface area contributed by atoms with Gasteiger partial charge >= 0.3 is 0 Å². The number of amides is 1. The molecule has 1 amide bonds. The largest absolute Gasteiger partial charge is 0.376 e. The number of carbonyl (C=O) groups is 1. The van der Waals surface area contributed by atoms with Crippen molar-refractivity contribution < 1.29 is 9.53 Å². The highest BCUT2D eigenvalue weighted by molar-refractivity contribution is 8.00. The second-order valence-corrected chi connectivity index (χ2v) is 5.84. The molecule has 6 nitrogen and oxygen atoms in total. The summed E-state index contributed by atoms with van der Waals surface area (Å²) in [6, 6.07) is 2.09. The van der Waals surface area contributed by atoms with Crippen LogP contribution in [-0.4, -0.2) is 40.9 Å². The third kappa shape index (κ3) is 4.41. The molecule has 0 aromatic carbocycles. The van der Waals surface area contributed by atoms with Crippen molar-refractivity contribution in [1.82, 2.24) is 15.3 Å². The number of aromatic nitrogens is 2. The minimum absolute atomic E-state index is 0.0756. The molecule has 112 valence electrons. The molecule has 0 radical (unpaired) electrons. The zero-order valence-corrected chi connectivity index (χ0v) is 13.0. The molecule has 1 aromatic heterocycles. The van der Waals surface area contributed by atoms with E-state index in [2.05, 4.69) is 21.4 Å². The van der Waals surface area contributed by atoms with Gasteiger partial charge in [0.25, 0.3) is 0 Å². The van der Waals surface area contributed by atoms with Crippen LogP contribution in [0.1, 0.15) is 29.9 Å². The molecule has 1 N–H and O–H groups in total. The van der Waals surface area contributed by atoms with Crippen LogP contribution >= 0.6 is 11.8 Å². The first-order valence-corrected chi connectivity index (χ1v) is 7.85. The lowest BCUT2D eigenvalue weighted by atomic mass is 10.2. The molecule has 7 heteroatoms. The fourth-order valence-corrected chi connectivity index (χ4v) is 3.04. The fraction of sp³-hybridized carbons (Fsp3) is 0.571. The maximum absolute atomic E-state index is 11.8. The summed E-state index contributed by atoms with van der Waals surface area (Å²) in [6.45, 7) is 4.87. The number of nitrogens with one attached hydrogen (secondary N) is 1. The fourth-order valence-electron chi connectivity index (χ4n) is 2.13. The van der Waals surface area contributed by atoms with Crippen molar-refractivity contribution >= 4 is 17.7 Å². The Labute approximate surface area is 128 Å². The molecule has 2 heterocycles. The lowest BCUT2D eigenvalue weighted by Crippen LogP contribution is -2.32. The van der Waals surface area contributed by atoms with Gasteiger partial charge in [-0.2, -0.15) is 5.26 Å². The van der Waals surface area contributed by atoms with E-state index in [-0.39, 0.29) is 17.8 Å². The standard InChI is InChI=1S/C14H18N4O2S/c1-9-12(6-15)14(18-10(2)17-9)21-8-13(19)16-7-11-4-3-5-20-11/h11H,3-5,7-8H2,1-2H3,(H,16,19). The third-order valence-electron chi connectivity index (χ3n) is 3.17. The summed E-state index contributed by atoms with van der Waals surface area (Å²) >= 11 is 1.26. The quantitative estimate of drug-likeness (QED) is 0.652. The van der Waals surface area contributed by atoms with Gasteiger partial charge in [-0.3, -0.25) is 4.79 Å². The first-order valence-electron chi connectivity index (χ1n) is 6.86. The van der Waals surface area contributed by atoms with Gasteiger partial charge in [-0.1, -0.05) is 11.8 Å². The smallest absolute Gasteiger partial charge is 0.230 e. The van der Waals surface area contributed by atoms with Crippen molar-refractivity contribution in [2.75, 3.05) is 18.9 Å². The van der Waals surface area contributed by atoms with Gasteiger partial charge in [0.2, 0.25) is 5.91 Å². The van der Waals surface area contributed by atoms with Crippen molar-refractivity contribution in [2.24, 2.45) is 0 Å². The molecule has 1 atom stereocenters. The van der Waals surface area contributed by atoms with Crippen molar-refractivity contribution in [2.45, 2.75) is 37.8 Å². The maximum Gasteiger partial charge on any atom is 0.230 e. The van der Waals surface area contributed by atoms with E-state index in [1.807, 2.05) is 0 Å². The number of ether oxygens (including phenoxy) is 1. The summed E-state index contributed by atoms with van der Waals surface area (Å²) in [5, 5.41) is 12.6. The lowest BCUT2D eigenvalue weighted by Gasteiger charge is -2.11. The van der Waals surface area contributed by atoms with E-state index in [0.29, 0.717) is 28.7 Å². The average Bonchev–Trinajstić information content (AvgIpc) is 2.95. The molecule has 0 spiro atoms. The van der Waals surface area contributed by atoms with E-state index in [1.54, 1.807) is 13.8 Å². The Hall–Kier alpha value is -1.65. The van der Waals surface area contributed by atoms with Gasteiger partial charge in [0.15, 0.2) is 0 Å². The summed E-state index contributed by atoms with van der Waals surface area (Å²) in [4.78, 5) is 20.2. The number of nitrogens with zero attached hydrogens (tertiary/aromatic N) is 3. The van der Waals surface area contributed by atoms with Gasteiger partial charge in [-0.15, -0.1) is 0 Å². The zero-order chi connectivity index (χ0) is 15.2. The van der Waals surface area contributed by atoms with E-state index in [1.165, 1.54) is 11.8 Å². The number of rotatable bonds is 5. The summed E-state index contributed by atoms with van der Waals surface area (Å²) in [5.41, 5.74) is 1.09. The zero-order valence-electron chi connectivity index (χ0n) is 12.2. The van der Waals surface area contributed by atoms with Crippen LogP contribution in [0.25, 0.3) is 0 Å². The number of carbonyl (C=O) groups excluding carboxylic acids is 1. The molecule has 1 saturated heterocycles. The maximum atomic E-state index is 11.8. The van der Waals surface area contributed by atoms with Crippen LogP contribution in [0.5, 0.6) is 0 Å². The molecule has 2 rings (SSSR count). The molecule has 0 aliphatic carbocycles. The van der Waals surface area contributed by atoms with Crippen molar-refractivity contribution in [1.29, 1.82) is 5.26 Å². The van der Waals surface area contributed by atoms with E-state index in [0.717, 1.165) is 19.4 Å². The number of aryl methyl sites for hydroxylation is 2. The average molecular weight is 306 g/mol. The Morgan fingerprint density at radius 2 is 2.33 bits per heavy atom. The first-order chi connectivity index (χ1) is 10.1. The highest BCUT2D eigenvalue weighted by atomic mass is 32.2. The predicted molar refractivity (Wildman–Crippen MR) is 78.9 cm³/mol. The highest BCUT2D eigenvalue weighted by Crippen LogP contribution is 2.21. The van der Waals surface area contributed by atoms with Crippen molar-refractivity contribution in [3.63, 3.8) is 0 Å². The molecule has 1 fully saturated rings. The normalized spacial score (nSPS) is 17.5. The minimum atomic E-state index is -0.0756. The summed E-state index contributed by atoms with van der Waals surface area (Å²) in [6.07, 6.45) is 2.19. The Kier molecular flexibility index (Phi) is 5.53. The summed E-state index contributed by atoms with van der Waals surface area (Å²) in [5.74, 6) is 0.763.